The van der Waals surface area contributed by atoms with Gasteiger partial charge in [-0.25, -0.2) is 0 Å². The molecule has 204 valence electrons. The van der Waals surface area contributed by atoms with Crippen LogP contribution in [0.1, 0.15) is 28.8 Å². The summed E-state index contributed by atoms with van der Waals surface area (Å²) in [6.45, 7) is 1.01. The van der Waals surface area contributed by atoms with Crippen LogP contribution in [-0.2, 0) is 16.0 Å². The Bertz CT molecular complexity index is 1540. The quantitative estimate of drug-likeness (QED) is 0.263. The number of amides is 3. The average molecular weight is 537 g/mol. The van der Waals surface area contributed by atoms with E-state index < -0.39 is 6.04 Å². The van der Waals surface area contributed by atoms with Crippen molar-refractivity contribution in [1.82, 2.24) is 10.6 Å². The molecule has 5 rings (SSSR count). The highest BCUT2D eigenvalue weighted by atomic mass is 16.5. The molecule has 1 unspecified atom stereocenters. The number of ether oxygens (including phenoxy) is 1. The van der Waals surface area contributed by atoms with Crippen LogP contribution in [0, 0.1) is 0 Å². The maximum Gasteiger partial charge on any atom is 0.262 e. The van der Waals surface area contributed by atoms with Crippen molar-refractivity contribution >= 4 is 34.2 Å². The van der Waals surface area contributed by atoms with Crippen LogP contribution in [0.4, 0.5) is 5.69 Å². The third kappa shape index (κ3) is 6.13. The van der Waals surface area contributed by atoms with Gasteiger partial charge in [-0.2, -0.15) is 0 Å². The standard InChI is InChI=1S/C32H32N4O4/c33-17-7-18-34-31(38)26(21-22-14-15-23-8-1-2-9-24(23)20-22)35-30(37)16-19-36-27-11-4-6-13-29(27)40-28-12-5-3-10-25(28)32(36)39/h1-6,8-15,20,26H,7,16-19,21,33H2,(H,34,38)(H,35,37). The van der Waals surface area contributed by atoms with Gasteiger partial charge in [0.1, 0.15) is 11.8 Å². The van der Waals surface area contributed by atoms with Crippen LogP contribution in [0.2, 0.25) is 0 Å². The Morgan fingerprint density at radius 2 is 1.60 bits per heavy atom. The van der Waals surface area contributed by atoms with Gasteiger partial charge in [0.2, 0.25) is 11.8 Å². The molecule has 0 fully saturated rings. The molecule has 40 heavy (non-hydrogen) atoms. The third-order valence-corrected chi connectivity index (χ3v) is 6.89. The van der Waals surface area contributed by atoms with Crippen LogP contribution in [0.25, 0.3) is 10.8 Å². The first kappa shape index (κ1) is 26.9. The third-order valence-electron chi connectivity index (χ3n) is 6.89. The molecule has 0 radical (unpaired) electrons. The minimum Gasteiger partial charge on any atom is -0.454 e. The van der Waals surface area contributed by atoms with Crippen LogP contribution >= 0.6 is 0 Å². The van der Waals surface area contributed by atoms with E-state index in [0.717, 1.165) is 16.3 Å². The van der Waals surface area contributed by atoms with Crippen molar-refractivity contribution in [3.05, 3.63) is 102 Å². The molecule has 8 heteroatoms. The fraction of sp³-hybridized carbons (Fsp3) is 0.219. The molecule has 3 amide bonds. The fourth-order valence-corrected chi connectivity index (χ4v) is 4.82. The number of nitrogens with two attached hydrogens (primary N) is 1. The van der Waals surface area contributed by atoms with Crippen molar-refractivity contribution in [2.24, 2.45) is 5.73 Å². The SMILES string of the molecule is NCCCNC(=O)C(Cc1ccc2ccccc2c1)NC(=O)CCN1C(=O)c2ccccc2Oc2ccccc21. The predicted octanol–water partition coefficient (Wildman–Crippen LogP) is 4.17. The summed E-state index contributed by atoms with van der Waals surface area (Å²) in [7, 11) is 0. The smallest absolute Gasteiger partial charge is 0.262 e. The van der Waals surface area contributed by atoms with E-state index in [1.54, 1.807) is 35.2 Å². The molecule has 0 bridgehead atoms. The molecule has 1 atom stereocenters. The van der Waals surface area contributed by atoms with Gasteiger partial charge in [0.15, 0.2) is 5.75 Å². The molecular weight excluding hydrogens is 504 g/mol. The number of nitrogens with zero attached hydrogens (tertiary/aromatic N) is 1. The van der Waals surface area contributed by atoms with Crippen molar-refractivity contribution < 1.29 is 19.1 Å². The fourth-order valence-electron chi connectivity index (χ4n) is 4.82. The van der Waals surface area contributed by atoms with E-state index in [1.165, 1.54) is 0 Å². The summed E-state index contributed by atoms with van der Waals surface area (Å²) < 4.78 is 6.02. The zero-order valence-electron chi connectivity index (χ0n) is 22.1. The zero-order valence-corrected chi connectivity index (χ0v) is 22.1. The van der Waals surface area contributed by atoms with Crippen LogP contribution in [0.15, 0.2) is 91.0 Å². The summed E-state index contributed by atoms with van der Waals surface area (Å²) in [5, 5.41) is 7.95. The maximum absolute atomic E-state index is 13.5. The number of para-hydroxylation sites is 3. The molecule has 0 aromatic heterocycles. The van der Waals surface area contributed by atoms with Gasteiger partial charge in [-0.3, -0.25) is 14.4 Å². The van der Waals surface area contributed by atoms with E-state index in [1.807, 2.05) is 60.7 Å². The summed E-state index contributed by atoms with van der Waals surface area (Å²) >= 11 is 0. The minimum absolute atomic E-state index is 0.00649. The van der Waals surface area contributed by atoms with Crippen molar-refractivity contribution in [2.75, 3.05) is 24.5 Å². The highest BCUT2D eigenvalue weighted by molar-refractivity contribution is 6.10. The zero-order chi connectivity index (χ0) is 27.9. The molecule has 0 spiro atoms. The Balaban J connectivity index is 1.31. The summed E-state index contributed by atoms with van der Waals surface area (Å²) in [5.74, 6) is 0.156. The molecule has 4 N–H and O–H groups in total. The van der Waals surface area contributed by atoms with E-state index in [4.69, 9.17) is 10.5 Å². The monoisotopic (exact) mass is 536 g/mol. The Morgan fingerprint density at radius 1 is 0.875 bits per heavy atom. The van der Waals surface area contributed by atoms with E-state index in [-0.39, 0.29) is 30.7 Å². The van der Waals surface area contributed by atoms with Gasteiger partial charge in [-0.1, -0.05) is 66.7 Å². The molecule has 0 aliphatic carbocycles. The van der Waals surface area contributed by atoms with Crippen LogP contribution in [-0.4, -0.2) is 43.4 Å². The normalized spacial score (nSPS) is 13.0. The van der Waals surface area contributed by atoms with Gasteiger partial charge in [0.25, 0.3) is 5.91 Å². The average Bonchev–Trinajstić information content (AvgIpc) is 3.09. The topological polar surface area (TPSA) is 114 Å². The minimum atomic E-state index is -0.775. The second kappa shape index (κ2) is 12.4. The molecule has 8 nitrogen and oxygen atoms in total. The Hall–Kier alpha value is -4.69. The van der Waals surface area contributed by atoms with Crippen molar-refractivity contribution in [3.8, 4) is 11.5 Å². The highest BCUT2D eigenvalue weighted by Crippen LogP contribution is 2.38. The predicted molar refractivity (Wildman–Crippen MR) is 156 cm³/mol. The lowest BCUT2D eigenvalue weighted by Crippen LogP contribution is -2.49. The molecule has 4 aromatic carbocycles. The number of rotatable bonds is 10. The lowest BCUT2D eigenvalue weighted by Gasteiger charge is -2.23. The first-order valence-corrected chi connectivity index (χ1v) is 13.5. The van der Waals surface area contributed by atoms with Crippen molar-refractivity contribution in [3.63, 3.8) is 0 Å². The van der Waals surface area contributed by atoms with Crippen LogP contribution < -0.4 is 26.0 Å². The molecule has 1 heterocycles. The Labute approximate surface area is 233 Å². The number of carbonyl (C=O) groups excluding carboxylic acids is 3. The molecule has 0 saturated carbocycles. The number of nitrogens with one attached hydrogen (secondary N) is 2. The molecule has 1 aliphatic heterocycles. The van der Waals surface area contributed by atoms with E-state index in [2.05, 4.69) is 10.6 Å². The van der Waals surface area contributed by atoms with Gasteiger partial charge < -0.3 is 26.0 Å². The largest absolute Gasteiger partial charge is 0.454 e. The Morgan fingerprint density at radius 3 is 2.42 bits per heavy atom. The van der Waals surface area contributed by atoms with E-state index >= 15 is 0 Å². The summed E-state index contributed by atoms with van der Waals surface area (Å²) in [4.78, 5) is 41.3. The number of carbonyl (C=O) groups is 3. The number of anilines is 1. The van der Waals surface area contributed by atoms with E-state index in [9.17, 15) is 14.4 Å². The molecule has 0 saturated heterocycles. The van der Waals surface area contributed by atoms with Gasteiger partial charge in [0, 0.05) is 25.9 Å². The maximum atomic E-state index is 13.5. The number of hydrogen-bond acceptors (Lipinski definition) is 5. The van der Waals surface area contributed by atoms with Crippen molar-refractivity contribution in [2.45, 2.75) is 25.3 Å². The van der Waals surface area contributed by atoms with Gasteiger partial charge >= 0.3 is 0 Å². The highest BCUT2D eigenvalue weighted by Gasteiger charge is 2.29. The first-order chi connectivity index (χ1) is 19.5. The first-order valence-electron chi connectivity index (χ1n) is 13.5. The molecular formula is C32H32N4O4. The molecule has 1 aliphatic rings. The molecule has 4 aromatic rings. The second-order valence-electron chi connectivity index (χ2n) is 9.71. The van der Waals surface area contributed by atoms with Gasteiger partial charge in [0.05, 0.1) is 11.3 Å². The second-order valence-corrected chi connectivity index (χ2v) is 9.71. The number of fused-ring (bicyclic) bond motifs is 3. The van der Waals surface area contributed by atoms with Gasteiger partial charge in [-0.15, -0.1) is 0 Å². The van der Waals surface area contributed by atoms with Crippen molar-refractivity contribution in [1.29, 1.82) is 0 Å². The van der Waals surface area contributed by atoms with Crippen LogP contribution in [0.5, 0.6) is 11.5 Å². The summed E-state index contributed by atoms with van der Waals surface area (Å²) in [6, 6.07) is 27.5. The Kier molecular flexibility index (Phi) is 8.37. The van der Waals surface area contributed by atoms with E-state index in [0.29, 0.717) is 48.7 Å². The summed E-state index contributed by atoms with van der Waals surface area (Å²) in [5.41, 5.74) is 7.53. The van der Waals surface area contributed by atoms with Gasteiger partial charge in [-0.05, 0) is 53.6 Å². The number of benzene rings is 4. The number of hydrogen-bond donors (Lipinski definition) is 3. The lowest BCUT2D eigenvalue weighted by atomic mass is 10.0. The van der Waals surface area contributed by atoms with Crippen LogP contribution in [0.3, 0.4) is 0 Å². The lowest BCUT2D eigenvalue weighted by molar-refractivity contribution is -0.128. The summed E-state index contributed by atoms with van der Waals surface area (Å²) in [6.07, 6.45) is 0.979.